The average molecular weight is 380 g/mol. The number of phenolic OH excluding ortho intramolecular Hbond substituents is 1. The molecule has 0 radical (unpaired) electrons. The fourth-order valence-electron chi connectivity index (χ4n) is 2.92. The molecule has 0 unspecified atom stereocenters. The van der Waals surface area contributed by atoms with E-state index in [4.69, 9.17) is 5.73 Å². The lowest BCUT2D eigenvalue weighted by atomic mass is 10.1. The van der Waals surface area contributed by atoms with Gasteiger partial charge < -0.3 is 16.2 Å². The minimum atomic E-state index is -0.0631. The number of hydrogen-bond acceptors (Lipinski definition) is 7. The highest BCUT2D eigenvalue weighted by molar-refractivity contribution is 7.18. The number of rotatable bonds is 6. The van der Waals surface area contributed by atoms with Crippen molar-refractivity contribution in [3.05, 3.63) is 53.7 Å². The summed E-state index contributed by atoms with van der Waals surface area (Å²) in [6.45, 7) is 2.57. The molecule has 4 aromatic rings. The van der Waals surface area contributed by atoms with Crippen LogP contribution in [0, 0.1) is 6.92 Å². The second kappa shape index (κ2) is 7.34. The summed E-state index contributed by atoms with van der Waals surface area (Å²) in [7, 11) is 0. The summed E-state index contributed by atoms with van der Waals surface area (Å²) < 4.78 is 0. The van der Waals surface area contributed by atoms with E-state index >= 15 is 0 Å². The molecule has 5 N–H and O–H groups in total. The summed E-state index contributed by atoms with van der Waals surface area (Å²) in [5, 5.41) is 31.0. The molecule has 2 aromatic carbocycles. The van der Waals surface area contributed by atoms with E-state index in [1.807, 2.05) is 31.2 Å². The summed E-state index contributed by atoms with van der Waals surface area (Å²) in [6, 6.07) is 13.1. The minimum Gasteiger partial charge on any atom is -0.508 e. The molecule has 27 heavy (non-hydrogen) atoms. The predicted octanol–water partition coefficient (Wildman–Crippen LogP) is 3.08. The highest BCUT2D eigenvalue weighted by Gasteiger charge is 2.11. The van der Waals surface area contributed by atoms with Crippen LogP contribution in [0.2, 0.25) is 0 Å². The second-order valence-electron chi connectivity index (χ2n) is 6.49. The summed E-state index contributed by atoms with van der Waals surface area (Å²) in [5.74, 6) is 0.260. The predicted molar refractivity (Wildman–Crippen MR) is 108 cm³/mol. The van der Waals surface area contributed by atoms with Crippen LogP contribution < -0.4 is 11.1 Å². The number of benzene rings is 2. The number of aromatic nitrogens is 4. The minimum absolute atomic E-state index is 0.0631. The molecule has 1 atom stereocenters. The molecule has 0 saturated heterocycles. The van der Waals surface area contributed by atoms with Gasteiger partial charge in [0.15, 0.2) is 0 Å². The van der Waals surface area contributed by atoms with Gasteiger partial charge in [-0.15, -0.1) is 10.2 Å². The number of nitrogens with zero attached hydrogens (tertiary/aromatic N) is 3. The number of hydrogen-bond donors (Lipinski definition) is 4. The van der Waals surface area contributed by atoms with E-state index in [1.54, 1.807) is 12.1 Å². The molecular formula is C19H20N6OS. The van der Waals surface area contributed by atoms with Gasteiger partial charge in [-0.05, 0) is 49.2 Å². The zero-order chi connectivity index (χ0) is 18.8. The molecule has 0 spiro atoms. The highest BCUT2D eigenvalue weighted by Crippen LogP contribution is 2.29. The first-order valence-corrected chi connectivity index (χ1v) is 9.46. The molecule has 0 amide bonds. The average Bonchev–Trinajstić information content (AvgIpc) is 3.29. The fraction of sp³-hybridized carbons (Fsp3) is 0.211. The SMILES string of the molecule is Cc1n[nH]c2ccc(-c3nnc(NC[C@@H](N)Cc4ccc(O)cc4)s3)cc12. The van der Waals surface area contributed by atoms with Crippen molar-refractivity contribution in [2.24, 2.45) is 5.73 Å². The lowest BCUT2D eigenvalue weighted by Gasteiger charge is -2.12. The Hall–Kier alpha value is -2.97. The number of nitrogens with two attached hydrogens (primary N) is 1. The molecule has 8 heteroatoms. The van der Waals surface area contributed by atoms with Crippen molar-refractivity contribution in [2.45, 2.75) is 19.4 Å². The zero-order valence-electron chi connectivity index (χ0n) is 14.8. The Morgan fingerprint density at radius 2 is 2.00 bits per heavy atom. The van der Waals surface area contributed by atoms with Gasteiger partial charge >= 0.3 is 0 Å². The molecule has 0 bridgehead atoms. The van der Waals surface area contributed by atoms with Gasteiger partial charge in [0, 0.05) is 23.5 Å². The number of nitrogens with one attached hydrogen (secondary N) is 2. The third-order valence-corrected chi connectivity index (χ3v) is 5.31. The van der Waals surface area contributed by atoms with Crippen LogP contribution in [0.15, 0.2) is 42.5 Å². The van der Waals surface area contributed by atoms with E-state index in [2.05, 4.69) is 31.8 Å². The number of fused-ring (bicyclic) bond motifs is 1. The summed E-state index contributed by atoms with van der Waals surface area (Å²) >= 11 is 1.50. The maximum absolute atomic E-state index is 9.34. The smallest absolute Gasteiger partial charge is 0.206 e. The second-order valence-corrected chi connectivity index (χ2v) is 7.47. The topological polar surface area (TPSA) is 113 Å². The van der Waals surface area contributed by atoms with Crippen LogP contribution in [0.4, 0.5) is 5.13 Å². The first kappa shape index (κ1) is 17.4. The van der Waals surface area contributed by atoms with E-state index in [-0.39, 0.29) is 11.8 Å². The highest BCUT2D eigenvalue weighted by atomic mass is 32.1. The van der Waals surface area contributed by atoms with E-state index in [1.165, 1.54) is 11.3 Å². The standard InChI is InChI=1S/C19H20N6OS/c1-11-16-9-13(4-7-17(16)23-22-11)18-24-25-19(27-18)21-10-14(20)8-12-2-5-15(26)6-3-12/h2-7,9,14,26H,8,10,20H2,1H3,(H,21,25)(H,22,23)/t14-/m0/s1. The van der Waals surface area contributed by atoms with Crippen molar-refractivity contribution in [2.75, 3.05) is 11.9 Å². The molecule has 138 valence electrons. The lowest BCUT2D eigenvalue weighted by Crippen LogP contribution is -2.31. The van der Waals surface area contributed by atoms with Crippen LogP contribution in [0.3, 0.4) is 0 Å². The summed E-state index contributed by atoms with van der Waals surface area (Å²) in [6.07, 6.45) is 0.718. The molecule has 2 heterocycles. The van der Waals surface area contributed by atoms with Crippen LogP contribution in [0.5, 0.6) is 5.75 Å². The summed E-state index contributed by atoms with van der Waals surface area (Å²) in [5.41, 5.74) is 10.3. The summed E-state index contributed by atoms with van der Waals surface area (Å²) in [4.78, 5) is 0. The number of phenols is 1. The molecule has 0 fully saturated rings. The van der Waals surface area contributed by atoms with E-state index in [0.717, 1.165) is 44.3 Å². The number of H-pyrrole nitrogens is 1. The van der Waals surface area contributed by atoms with Gasteiger partial charge in [0.05, 0.1) is 11.2 Å². The Labute approximate surface area is 160 Å². The Morgan fingerprint density at radius 3 is 2.81 bits per heavy atom. The van der Waals surface area contributed by atoms with Gasteiger partial charge in [0.2, 0.25) is 5.13 Å². The van der Waals surface area contributed by atoms with Crippen molar-refractivity contribution in [3.8, 4) is 16.3 Å². The zero-order valence-corrected chi connectivity index (χ0v) is 15.6. The van der Waals surface area contributed by atoms with Crippen molar-refractivity contribution < 1.29 is 5.11 Å². The monoisotopic (exact) mass is 380 g/mol. The first-order chi connectivity index (χ1) is 13.1. The maximum atomic E-state index is 9.34. The molecule has 2 aromatic heterocycles. The molecule has 0 saturated carbocycles. The van der Waals surface area contributed by atoms with Gasteiger partial charge in [-0.1, -0.05) is 23.5 Å². The van der Waals surface area contributed by atoms with E-state index in [9.17, 15) is 5.11 Å². The molecule has 4 rings (SSSR count). The largest absolute Gasteiger partial charge is 0.508 e. The quantitative estimate of drug-likeness (QED) is 0.409. The van der Waals surface area contributed by atoms with Crippen LogP contribution in [-0.4, -0.2) is 38.1 Å². The lowest BCUT2D eigenvalue weighted by molar-refractivity contribution is 0.475. The molecule has 0 aliphatic carbocycles. The Morgan fingerprint density at radius 1 is 1.19 bits per heavy atom. The van der Waals surface area contributed by atoms with Crippen molar-refractivity contribution in [3.63, 3.8) is 0 Å². The number of anilines is 1. The van der Waals surface area contributed by atoms with E-state index < -0.39 is 0 Å². The Bertz CT molecular complexity index is 1060. The third kappa shape index (κ3) is 3.91. The van der Waals surface area contributed by atoms with Crippen LogP contribution in [0.25, 0.3) is 21.5 Å². The molecule has 0 aliphatic rings. The van der Waals surface area contributed by atoms with Gasteiger partial charge in [-0.2, -0.15) is 5.10 Å². The van der Waals surface area contributed by atoms with Crippen molar-refractivity contribution >= 4 is 27.4 Å². The van der Waals surface area contributed by atoms with Crippen LogP contribution in [0.1, 0.15) is 11.3 Å². The third-order valence-electron chi connectivity index (χ3n) is 4.38. The van der Waals surface area contributed by atoms with Gasteiger partial charge in [-0.3, -0.25) is 5.10 Å². The normalized spacial score (nSPS) is 12.4. The maximum Gasteiger partial charge on any atom is 0.206 e. The van der Waals surface area contributed by atoms with Gasteiger partial charge in [0.1, 0.15) is 10.8 Å². The van der Waals surface area contributed by atoms with Gasteiger partial charge in [-0.25, -0.2) is 0 Å². The van der Waals surface area contributed by atoms with Crippen LogP contribution in [-0.2, 0) is 6.42 Å². The van der Waals surface area contributed by atoms with Crippen molar-refractivity contribution in [1.29, 1.82) is 0 Å². The molecule has 7 nitrogen and oxygen atoms in total. The van der Waals surface area contributed by atoms with Crippen molar-refractivity contribution in [1.82, 2.24) is 20.4 Å². The molecular weight excluding hydrogens is 360 g/mol. The van der Waals surface area contributed by atoms with Gasteiger partial charge in [0.25, 0.3) is 0 Å². The number of aromatic hydroxyl groups is 1. The molecule has 0 aliphatic heterocycles. The Balaban J connectivity index is 1.40. The first-order valence-electron chi connectivity index (χ1n) is 8.64. The van der Waals surface area contributed by atoms with E-state index in [0.29, 0.717) is 6.54 Å². The number of aromatic amines is 1. The number of aryl methyl sites for hydroxylation is 1. The van der Waals surface area contributed by atoms with Crippen LogP contribution >= 0.6 is 11.3 Å². The Kier molecular flexibility index (Phi) is 4.74. The fourth-order valence-corrected chi connectivity index (χ4v) is 3.66.